The van der Waals surface area contributed by atoms with Gasteiger partial charge in [0.25, 0.3) is 0 Å². The molecule has 2 rings (SSSR count). The van der Waals surface area contributed by atoms with Crippen molar-refractivity contribution in [2.75, 3.05) is 10.6 Å². The van der Waals surface area contributed by atoms with Gasteiger partial charge in [0.1, 0.15) is 5.82 Å². The third-order valence-electron chi connectivity index (χ3n) is 2.41. The van der Waals surface area contributed by atoms with Gasteiger partial charge in [0.15, 0.2) is 0 Å². The maximum atomic E-state index is 13.3. The molecule has 0 bridgehead atoms. The highest BCUT2D eigenvalue weighted by molar-refractivity contribution is 5.99. The monoisotopic (exact) mass is 254 g/mol. The second-order valence-corrected chi connectivity index (χ2v) is 3.78. The number of rotatable bonds is 2. The third kappa shape index (κ3) is 3.33. The van der Waals surface area contributed by atoms with Crippen molar-refractivity contribution >= 4 is 17.4 Å². The Morgan fingerprint density at radius 2 is 1.89 bits per heavy atom. The van der Waals surface area contributed by atoms with Gasteiger partial charge in [-0.1, -0.05) is 24.1 Å². The van der Waals surface area contributed by atoms with Gasteiger partial charge < -0.3 is 10.6 Å². The molecule has 3 nitrogen and oxygen atoms in total. The standard InChI is InChI=1S/C15H11FN2O/c1-2-11-6-5-7-12(10-11)17-15(19)18-14-9-4-3-8-13(14)16/h1,3-10H,(H2,17,18,19). The Labute approximate surface area is 110 Å². The molecule has 0 spiro atoms. The Kier molecular flexibility index (Phi) is 3.79. The van der Waals surface area contributed by atoms with E-state index in [9.17, 15) is 9.18 Å². The summed E-state index contributed by atoms with van der Waals surface area (Å²) in [5.41, 5.74) is 1.32. The summed E-state index contributed by atoms with van der Waals surface area (Å²) in [5.74, 6) is 1.98. The summed E-state index contributed by atoms with van der Waals surface area (Å²) in [6.45, 7) is 0. The number of terminal acetylenes is 1. The Morgan fingerprint density at radius 3 is 2.63 bits per heavy atom. The molecule has 0 aliphatic rings. The van der Waals surface area contributed by atoms with E-state index in [0.29, 0.717) is 11.3 Å². The molecule has 0 heterocycles. The summed E-state index contributed by atoms with van der Waals surface area (Å²) in [4.78, 5) is 11.7. The van der Waals surface area contributed by atoms with Gasteiger partial charge in [-0.2, -0.15) is 0 Å². The van der Waals surface area contributed by atoms with E-state index in [-0.39, 0.29) is 5.69 Å². The summed E-state index contributed by atoms with van der Waals surface area (Å²) < 4.78 is 13.3. The molecule has 0 aliphatic heterocycles. The molecule has 0 aliphatic carbocycles. The van der Waals surface area contributed by atoms with Crippen molar-refractivity contribution < 1.29 is 9.18 Å². The minimum absolute atomic E-state index is 0.119. The number of benzene rings is 2. The maximum absolute atomic E-state index is 13.3. The van der Waals surface area contributed by atoms with Crippen LogP contribution in [0.3, 0.4) is 0 Å². The van der Waals surface area contributed by atoms with Gasteiger partial charge in [0.05, 0.1) is 5.69 Å². The van der Waals surface area contributed by atoms with Crippen LogP contribution in [0.5, 0.6) is 0 Å². The highest BCUT2D eigenvalue weighted by Gasteiger charge is 2.06. The van der Waals surface area contributed by atoms with Crippen molar-refractivity contribution in [1.29, 1.82) is 0 Å². The number of urea groups is 1. The van der Waals surface area contributed by atoms with Crippen molar-refractivity contribution in [3.63, 3.8) is 0 Å². The van der Waals surface area contributed by atoms with Crippen molar-refractivity contribution in [2.45, 2.75) is 0 Å². The minimum Gasteiger partial charge on any atom is -0.308 e. The van der Waals surface area contributed by atoms with Crippen LogP contribution in [0.25, 0.3) is 0 Å². The largest absolute Gasteiger partial charge is 0.323 e. The van der Waals surface area contributed by atoms with Crippen LogP contribution in [0, 0.1) is 18.2 Å². The van der Waals surface area contributed by atoms with Crippen LogP contribution < -0.4 is 10.6 Å². The topological polar surface area (TPSA) is 41.1 Å². The highest BCUT2D eigenvalue weighted by atomic mass is 19.1. The first-order chi connectivity index (χ1) is 9.19. The molecule has 2 amide bonds. The fourth-order valence-electron chi connectivity index (χ4n) is 1.53. The van der Waals surface area contributed by atoms with Crippen LogP contribution in [0.2, 0.25) is 0 Å². The second-order valence-electron chi connectivity index (χ2n) is 3.78. The van der Waals surface area contributed by atoms with Gasteiger partial charge in [0, 0.05) is 11.3 Å². The van der Waals surface area contributed by atoms with Crippen molar-refractivity contribution in [2.24, 2.45) is 0 Å². The number of nitrogens with one attached hydrogen (secondary N) is 2. The molecule has 0 saturated carbocycles. The molecule has 4 heteroatoms. The summed E-state index contributed by atoms with van der Waals surface area (Å²) in [5, 5.41) is 5.00. The first-order valence-electron chi connectivity index (χ1n) is 5.58. The first-order valence-corrected chi connectivity index (χ1v) is 5.58. The number of carbonyl (C=O) groups is 1. The van der Waals surface area contributed by atoms with Crippen molar-refractivity contribution in [3.05, 3.63) is 59.9 Å². The SMILES string of the molecule is C#Cc1cccc(NC(=O)Nc2ccccc2F)c1. The van der Waals surface area contributed by atoms with Crippen LogP contribution in [-0.2, 0) is 0 Å². The lowest BCUT2D eigenvalue weighted by atomic mass is 10.2. The lowest BCUT2D eigenvalue weighted by Gasteiger charge is -2.08. The predicted octanol–water partition coefficient (Wildman–Crippen LogP) is 3.45. The van der Waals surface area contributed by atoms with E-state index in [1.165, 1.54) is 12.1 Å². The lowest BCUT2D eigenvalue weighted by molar-refractivity contribution is 0.262. The lowest BCUT2D eigenvalue weighted by Crippen LogP contribution is -2.20. The average Bonchev–Trinajstić information content (AvgIpc) is 2.41. The van der Waals surface area contributed by atoms with Crippen molar-refractivity contribution in [3.8, 4) is 12.3 Å². The van der Waals surface area contributed by atoms with Crippen LogP contribution in [-0.4, -0.2) is 6.03 Å². The summed E-state index contributed by atoms with van der Waals surface area (Å²) in [6, 6.07) is 12.2. The first kappa shape index (κ1) is 12.7. The molecule has 2 aromatic rings. The summed E-state index contributed by atoms with van der Waals surface area (Å²) in [7, 11) is 0. The highest BCUT2D eigenvalue weighted by Crippen LogP contribution is 2.14. The van der Waals surface area contributed by atoms with Crippen LogP contribution in [0.15, 0.2) is 48.5 Å². The second kappa shape index (κ2) is 5.69. The maximum Gasteiger partial charge on any atom is 0.323 e. The Hall–Kier alpha value is -2.80. The number of hydrogen-bond donors (Lipinski definition) is 2. The molecule has 19 heavy (non-hydrogen) atoms. The Bertz CT molecular complexity index is 647. The van der Waals surface area contributed by atoms with E-state index in [2.05, 4.69) is 16.6 Å². The van der Waals surface area contributed by atoms with E-state index in [0.717, 1.165) is 0 Å². The molecule has 0 unspecified atom stereocenters. The molecule has 2 N–H and O–H groups in total. The Morgan fingerprint density at radius 1 is 1.11 bits per heavy atom. The van der Waals surface area contributed by atoms with Crippen LogP contribution in [0.1, 0.15) is 5.56 Å². The molecule has 0 fully saturated rings. The van der Waals surface area contributed by atoms with E-state index >= 15 is 0 Å². The van der Waals surface area contributed by atoms with E-state index in [1.807, 2.05) is 0 Å². The molecule has 0 radical (unpaired) electrons. The van der Waals surface area contributed by atoms with E-state index < -0.39 is 11.8 Å². The van der Waals surface area contributed by atoms with Gasteiger partial charge in [-0.3, -0.25) is 0 Å². The Balaban J connectivity index is 2.06. The van der Waals surface area contributed by atoms with E-state index in [4.69, 9.17) is 6.42 Å². The minimum atomic E-state index is -0.528. The van der Waals surface area contributed by atoms with Gasteiger partial charge in [-0.25, -0.2) is 9.18 Å². The molecular formula is C15H11FN2O. The van der Waals surface area contributed by atoms with Gasteiger partial charge >= 0.3 is 6.03 Å². The average molecular weight is 254 g/mol. The third-order valence-corrected chi connectivity index (χ3v) is 2.41. The van der Waals surface area contributed by atoms with Gasteiger partial charge in [0.2, 0.25) is 0 Å². The summed E-state index contributed by atoms with van der Waals surface area (Å²) >= 11 is 0. The molecule has 0 aromatic heterocycles. The molecule has 2 aromatic carbocycles. The number of anilines is 2. The predicted molar refractivity (Wildman–Crippen MR) is 73.4 cm³/mol. The molecule has 0 saturated heterocycles. The zero-order chi connectivity index (χ0) is 13.7. The zero-order valence-corrected chi connectivity index (χ0v) is 9.98. The number of amides is 2. The molecule has 94 valence electrons. The van der Waals surface area contributed by atoms with Crippen LogP contribution in [0.4, 0.5) is 20.6 Å². The van der Waals surface area contributed by atoms with Gasteiger partial charge in [-0.15, -0.1) is 6.42 Å². The fraction of sp³-hybridized carbons (Fsp3) is 0. The number of para-hydroxylation sites is 1. The van der Waals surface area contributed by atoms with Gasteiger partial charge in [-0.05, 0) is 30.3 Å². The summed E-state index contributed by atoms with van der Waals surface area (Å²) in [6.07, 6.45) is 5.27. The van der Waals surface area contributed by atoms with Crippen LogP contribution >= 0.6 is 0 Å². The van der Waals surface area contributed by atoms with E-state index in [1.54, 1.807) is 36.4 Å². The zero-order valence-electron chi connectivity index (χ0n) is 9.98. The fourth-order valence-corrected chi connectivity index (χ4v) is 1.53. The van der Waals surface area contributed by atoms with Crippen molar-refractivity contribution in [1.82, 2.24) is 0 Å². The normalized spacial score (nSPS) is 9.47. The molecule has 0 atom stereocenters. The number of carbonyl (C=O) groups excluding carboxylic acids is 1. The number of halogens is 1. The number of hydrogen-bond acceptors (Lipinski definition) is 1. The smallest absolute Gasteiger partial charge is 0.308 e. The molecular weight excluding hydrogens is 243 g/mol. The quantitative estimate of drug-likeness (QED) is 0.792.